The predicted octanol–water partition coefficient (Wildman–Crippen LogP) is 2.43. The molecule has 1 aliphatic heterocycles. The van der Waals surface area contributed by atoms with Crippen molar-refractivity contribution in [3.63, 3.8) is 0 Å². The Bertz CT molecular complexity index is 656. The second-order valence-corrected chi connectivity index (χ2v) is 5.55. The van der Waals surface area contributed by atoms with Crippen molar-refractivity contribution in [3.05, 3.63) is 33.9 Å². The van der Waals surface area contributed by atoms with Gasteiger partial charge in [0, 0.05) is 19.2 Å². The zero-order chi connectivity index (χ0) is 17.5. The Morgan fingerprint density at radius 2 is 2.38 bits per heavy atom. The maximum atomic E-state index is 12.1. The Morgan fingerprint density at radius 3 is 3.04 bits per heavy atom. The SMILES string of the molecule is CCCNC(=O)N1CCCC1COc1cccc([N+](=O)[O-])c1C#N. The van der Waals surface area contributed by atoms with Gasteiger partial charge in [-0.3, -0.25) is 10.1 Å². The third-order valence-corrected chi connectivity index (χ3v) is 3.91. The van der Waals surface area contributed by atoms with E-state index in [0.29, 0.717) is 13.1 Å². The number of nitrogens with one attached hydrogen (secondary N) is 1. The second-order valence-electron chi connectivity index (χ2n) is 5.55. The lowest BCUT2D eigenvalue weighted by Gasteiger charge is -2.25. The molecule has 0 aliphatic carbocycles. The van der Waals surface area contributed by atoms with Gasteiger partial charge in [0.05, 0.1) is 11.0 Å². The van der Waals surface area contributed by atoms with Gasteiger partial charge < -0.3 is 15.0 Å². The van der Waals surface area contributed by atoms with Gasteiger partial charge in [-0.1, -0.05) is 13.0 Å². The third-order valence-electron chi connectivity index (χ3n) is 3.91. The van der Waals surface area contributed by atoms with Crippen LogP contribution in [0.4, 0.5) is 10.5 Å². The lowest BCUT2D eigenvalue weighted by atomic mass is 10.1. The molecule has 0 spiro atoms. The lowest BCUT2D eigenvalue weighted by Crippen LogP contribution is -2.45. The van der Waals surface area contributed by atoms with E-state index in [9.17, 15) is 14.9 Å². The number of likely N-dealkylation sites (tertiary alicyclic amines) is 1. The molecule has 1 saturated heterocycles. The molecule has 1 N–H and O–H groups in total. The lowest BCUT2D eigenvalue weighted by molar-refractivity contribution is -0.385. The molecule has 1 aliphatic rings. The van der Waals surface area contributed by atoms with Crippen LogP contribution in [0.25, 0.3) is 0 Å². The van der Waals surface area contributed by atoms with Crippen LogP contribution >= 0.6 is 0 Å². The van der Waals surface area contributed by atoms with Crippen LogP contribution in [0.3, 0.4) is 0 Å². The fraction of sp³-hybridized carbons (Fsp3) is 0.500. The van der Waals surface area contributed by atoms with Crippen LogP contribution in [0.1, 0.15) is 31.7 Å². The van der Waals surface area contributed by atoms with Crippen LogP contribution < -0.4 is 10.1 Å². The summed E-state index contributed by atoms with van der Waals surface area (Å²) in [6.45, 7) is 3.46. The van der Waals surface area contributed by atoms with E-state index in [1.165, 1.54) is 18.2 Å². The number of nitriles is 1. The molecule has 1 fully saturated rings. The Morgan fingerprint density at radius 1 is 1.58 bits per heavy atom. The van der Waals surface area contributed by atoms with Gasteiger partial charge in [0.1, 0.15) is 18.4 Å². The van der Waals surface area contributed by atoms with Crippen molar-refractivity contribution >= 4 is 11.7 Å². The first kappa shape index (κ1) is 17.5. The minimum Gasteiger partial charge on any atom is -0.490 e. The van der Waals surface area contributed by atoms with Gasteiger partial charge in [-0.15, -0.1) is 0 Å². The molecular weight excluding hydrogens is 312 g/mol. The van der Waals surface area contributed by atoms with Crippen molar-refractivity contribution in [3.8, 4) is 11.8 Å². The highest BCUT2D eigenvalue weighted by Gasteiger charge is 2.29. The Kier molecular flexibility index (Phi) is 5.95. The standard InChI is InChI=1S/C16H20N4O4/c1-2-8-18-16(21)19-9-4-5-12(19)11-24-15-7-3-6-14(20(22)23)13(15)10-17/h3,6-7,12H,2,4-5,8-9,11H2,1H3,(H,18,21). The fourth-order valence-corrected chi connectivity index (χ4v) is 2.70. The van der Waals surface area contributed by atoms with Crippen LogP contribution in [-0.2, 0) is 0 Å². The number of amides is 2. The smallest absolute Gasteiger partial charge is 0.317 e. The first-order valence-electron chi connectivity index (χ1n) is 7.93. The highest BCUT2D eigenvalue weighted by Crippen LogP contribution is 2.28. The summed E-state index contributed by atoms with van der Waals surface area (Å²) in [4.78, 5) is 24.2. The molecular formula is C16H20N4O4. The van der Waals surface area contributed by atoms with Crippen LogP contribution in [-0.4, -0.2) is 41.6 Å². The molecule has 1 aromatic rings. The molecule has 8 nitrogen and oxygen atoms in total. The average molecular weight is 332 g/mol. The van der Waals surface area contributed by atoms with E-state index >= 15 is 0 Å². The van der Waals surface area contributed by atoms with Crippen molar-refractivity contribution in [1.82, 2.24) is 10.2 Å². The maximum Gasteiger partial charge on any atom is 0.317 e. The Hall–Kier alpha value is -2.82. The quantitative estimate of drug-likeness (QED) is 0.635. The van der Waals surface area contributed by atoms with E-state index in [1.54, 1.807) is 4.90 Å². The number of nitro benzene ring substituents is 1. The van der Waals surface area contributed by atoms with Crippen molar-refractivity contribution in [1.29, 1.82) is 5.26 Å². The van der Waals surface area contributed by atoms with Crippen LogP contribution in [0.2, 0.25) is 0 Å². The largest absolute Gasteiger partial charge is 0.490 e. The summed E-state index contributed by atoms with van der Waals surface area (Å²) in [6, 6.07) is 5.88. The molecule has 0 aromatic heterocycles. The number of ether oxygens (including phenoxy) is 1. The molecule has 1 atom stereocenters. The van der Waals surface area contributed by atoms with Crippen molar-refractivity contribution in [2.75, 3.05) is 19.7 Å². The zero-order valence-electron chi connectivity index (χ0n) is 13.5. The molecule has 24 heavy (non-hydrogen) atoms. The molecule has 0 radical (unpaired) electrons. The molecule has 1 aromatic carbocycles. The molecule has 0 bridgehead atoms. The van der Waals surface area contributed by atoms with Gasteiger partial charge in [-0.2, -0.15) is 5.26 Å². The van der Waals surface area contributed by atoms with Crippen molar-refractivity contribution in [2.24, 2.45) is 0 Å². The number of nitrogens with zero attached hydrogens (tertiary/aromatic N) is 3. The Balaban J connectivity index is 2.05. The molecule has 128 valence electrons. The van der Waals surface area contributed by atoms with E-state index in [1.807, 2.05) is 13.0 Å². The molecule has 2 rings (SSSR count). The van der Waals surface area contributed by atoms with Crippen LogP contribution in [0.15, 0.2) is 18.2 Å². The van der Waals surface area contributed by atoms with Gasteiger partial charge in [0.15, 0.2) is 5.56 Å². The summed E-state index contributed by atoms with van der Waals surface area (Å²) in [7, 11) is 0. The number of carbonyl (C=O) groups excluding carboxylic acids is 1. The second kappa shape index (κ2) is 8.15. The minimum atomic E-state index is -0.606. The summed E-state index contributed by atoms with van der Waals surface area (Å²) in [5, 5.41) is 23.0. The summed E-state index contributed by atoms with van der Waals surface area (Å²) < 4.78 is 5.64. The Labute approximate surface area is 140 Å². The fourth-order valence-electron chi connectivity index (χ4n) is 2.70. The van der Waals surface area contributed by atoms with E-state index < -0.39 is 4.92 Å². The van der Waals surface area contributed by atoms with E-state index in [-0.39, 0.29) is 35.7 Å². The normalized spacial score (nSPS) is 16.5. The number of rotatable bonds is 6. The number of hydrogen-bond donors (Lipinski definition) is 1. The molecule has 1 heterocycles. The molecule has 1 unspecified atom stereocenters. The van der Waals surface area contributed by atoms with E-state index in [4.69, 9.17) is 10.00 Å². The van der Waals surface area contributed by atoms with Gasteiger partial charge in [-0.05, 0) is 25.3 Å². The van der Waals surface area contributed by atoms with Crippen molar-refractivity contribution in [2.45, 2.75) is 32.2 Å². The first-order valence-corrected chi connectivity index (χ1v) is 7.93. The molecule has 8 heteroatoms. The topological polar surface area (TPSA) is 108 Å². The summed E-state index contributed by atoms with van der Waals surface area (Å²) >= 11 is 0. The average Bonchev–Trinajstić information content (AvgIpc) is 3.05. The third kappa shape index (κ3) is 3.93. The number of carbonyl (C=O) groups is 1. The predicted molar refractivity (Wildman–Crippen MR) is 86.7 cm³/mol. The zero-order valence-corrected chi connectivity index (χ0v) is 13.5. The molecule has 0 saturated carbocycles. The van der Waals surface area contributed by atoms with Crippen molar-refractivity contribution < 1.29 is 14.5 Å². The van der Waals surface area contributed by atoms with Gasteiger partial charge >= 0.3 is 6.03 Å². The minimum absolute atomic E-state index is 0.0949. The summed E-state index contributed by atoms with van der Waals surface area (Å²) in [5.74, 6) is 0.174. The van der Waals surface area contributed by atoms with Gasteiger partial charge in [-0.25, -0.2) is 4.79 Å². The highest BCUT2D eigenvalue weighted by molar-refractivity contribution is 5.74. The number of hydrogen-bond acceptors (Lipinski definition) is 5. The van der Waals surface area contributed by atoms with Crippen LogP contribution in [0.5, 0.6) is 5.75 Å². The number of urea groups is 1. The molecule has 2 amide bonds. The highest BCUT2D eigenvalue weighted by atomic mass is 16.6. The number of nitro groups is 1. The van der Waals surface area contributed by atoms with Gasteiger partial charge in [0.25, 0.3) is 5.69 Å². The van der Waals surface area contributed by atoms with E-state index in [2.05, 4.69) is 5.32 Å². The summed E-state index contributed by atoms with van der Waals surface area (Å²) in [5.41, 5.74) is -0.374. The maximum absolute atomic E-state index is 12.1. The summed E-state index contributed by atoms with van der Waals surface area (Å²) in [6.07, 6.45) is 2.55. The van der Waals surface area contributed by atoms with E-state index in [0.717, 1.165) is 19.3 Å². The van der Waals surface area contributed by atoms with Gasteiger partial charge in [0.2, 0.25) is 0 Å². The van der Waals surface area contributed by atoms with Crippen LogP contribution in [0, 0.1) is 21.4 Å². The first-order chi connectivity index (χ1) is 11.6. The monoisotopic (exact) mass is 332 g/mol. The number of benzene rings is 1.